The van der Waals surface area contributed by atoms with E-state index in [4.69, 9.17) is 0 Å². The van der Waals surface area contributed by atoms with Gasteiger partial charge in [-0.2, -0.15) is 0 Å². The molecule has 21 heavy (non-hydrogen) atoms. The van der Waals surface area contributed by atoms with Crippen molar-refractivity contribution in [1.29, 1.82) is 0 Å². The van der Waals surface area contributed by atoms with Gasteiger partial charge in [-0.25, -0.2) is 4.98 Å². The fourth-order valence-electron chi connectivity index (χ4n) is 2.42. The van der Waals surface area contributed by atoms with E-state index < -0.39 is 0 Å². The molecule has 4 heteroatoms. The average Bonchev–Trinajstić information content (AvgIpc) is 2.95. The van der Waals surface area contributed by atoms with Crippen LogP contribution in [0.25, 0.3) is 5.65 Å². The third kappa shape index (κ3) is 3.48. The Labute approximate surface area is 124 Å². The molecule has 2 heterocycles. The largest absolute Gasteiger partial charge is 0.395 e. The van der Waals surface area contributed by atoms with Crippen LogP contribution in [0.15, 0.2) is 60.9 Å². The number of aromatic nitrogens is 2. The van der Waals surface area contributed by atoms with Gasteiger partial charge in [-0.1, -0.05) is 36.4 Å². The number of benzene rings is 1. The molecule has 2 N–H and O–H groups in total. The van der Waals surface area contributed by atoms with E-state index >= 15 is 0 Å². The fourth-order valence-corrected chi connectivity index (χ4v) is 2.42. The molecule has 0 aliphatic carbocycles. The van der Waals surface area contributed by atoms with E-state index in [1.165, 1.54) is 5.56 Å². The Kier molecular flexibility index (Phi) is 4.28. The van der Waals surface area contributed by atoms with Crippen LogP contribution in [0.5, 0.6) is 0 Å². The standard InChI is InChI=1S/C17H19N3O/c21-13-15(10-14-6-2-1-3-7-14)18-11-16-12-20-9-5-4-8-17(20)19-16/h1-9,12,15,18,21H,10-11,13H2. The van der Waals surface area contributed by atoms with Crippen LogP contribution in [0, 0.1) is 0 Å². The number of aliphatic hydroxyl groups is 1. The molecule has 0 spiro atoms. The number of nitrogens with one attached hydrogen (secondary N) is 1. The maximum Gasteiger partial charge on any atom is 0.137 e. The molecule has 0 amide bonds. The number of hydrogen-bond acceptors (Lipinski definition) is 3. The zero-order valence-corrected chi connectivity index (χ0v) is 11.8. The van der Waals surface area contributed by atoms with Gasteiger partial charge in [0.1, 0.15) is 5.65 Å². The van der Waals surface area contributed by atoms with Crippen molar-refractivity contribution in [3.05, 3.63) is 72.2 Å². The Morgan fingerprint density at radius 2 is 1.90 bits per heavy atom. The van der Waals surface area contributed by atoms with Crippen molar-refractivity contribution in [3.8, 4) is 0 Å². The van der Waals surface area contributed by atoms with Crippen molar-refractivity contribution >= 4 is 5.65 Å². The van der Waals surface area contributed by atoms with Crippen molar-refractivity contribution in [3.63, 3.8) is 0 Å². The van der Waals surface area contributed by atoms with Gasteiger partial charge in [0.15, 0.2) is 0 Å². The van der Waals surface area contributed by atoms with Crippen LogP contribution in [0.4, 0.5) is 0 Å². The summed E-state index contributed by atoms with van der Waals surface area (Å²) in [5, 5.41) is 12.9. The highest BCUT2D eigenvalue weighted by Gasteiger charge is 2.09. The summed E-state index contributed by atoms with van der Waals surface area (Å²) in [6, 6.07) is 16.2. The minimum atomic E-state index is 0.0391. The van der Waals surface area contributed by atoms with Crippen molar-refractivity contribution in [2.75, 3.05) is 6.61 Å². The molecule has 4 nitrogen and oxygen atoms in total. The molecule has 3 aromatic rings. The Morgan fingerprint density at radius 3 is 2.67 bits per heavy atom. The van der Waals surface area contributed by atoms with Crippen LogP contribution in [-0.4, -0.2) is 27.1 Å². The minimum absolute atomic E-state index is 0.0391. The van der Waals surface area contributed by atoms with Gasteiger partial charge in [-0.05, 0) is 24.1 Å². The van der Waals surface area contributed by atoms with Gasteiger partial charge in [-0.15, -0.1) is 0 Å². The third-order valence-electron chi connectivity index (χ3n) is 3.53. The first-order valence-corrected chi connectivity index (χ1v) is 7.16. The highest BCUT2D eigenvalue weighted by molar-refractivity contribution is 5.39. The summed E-state index contributed by atoms with van der Waals surface area (Å²) in [6.07, 6.45) is 4.81. The number of aliphatic hydroxyl groups excluding tert-OH is 1. The van der Waals surface area contributed by atoms with E-state index in [2.05, 4.69) is 22.4 Å². The Morgan fingerprint density at radius 1 is 1.10 bits per heavy atom. The van der Waals surface area contributed by atoms with E-state index in [0.717, 1.165) is 17.8 Å². The summed E-state index contributed by atoms with van der Waals surface area (Å²) >= 11 is 0. The lowest BCUT2D eigenvalue weighted by atomic mass is 10.1. The Hall–Kier alpha value is -2.17. The molecule has 2 aromatic heterocycles. The quantitative estimate of drug-likeness (QED) is 0.727. The molecule has 0 fully saturated rings. The minimum Gasteiger partial charge on any atom is -0.395 e. The molecule has 3 rings (SSSR count). The number of hydrogen-bond donors (Lipinski definition) is 2. The molecule has 0 aliphatic heterocycles. The monoisotopic (exact) mass is 281 g/mol. The summed E-state index contributed by atoms with van der Waals surface area (Å²) in [6.45, 7) is 0.766. The maximum absolute atomic E-state index is 9.52. The lowest BCUT2D eigenvalue weighted by Crippen LogP contribution is -2.34. The van der Waals surface area contributed by atoms with Crippen LogP contribution < -0.4 is 5.32 Å². The second-order valence-electron chi connectivity index (χ2n) is 5.15. The highest BCUT2D eigenvalue weighted by Crippen LogP contribution is 2.06. The summed E-state index contributed by atoms with van der Waals surface area (Å²) in [5.74, 6) is 0. The first-order valence-electron chi connectivity index (χ1n) is 7.16. The van der Waals surface area contributed by atoms with E-state index in [1.54, 1.807) is 0 Å². The van der Waals surface area contributed by atoms with E-state index in [9.17, 15) is 5.11 Å². The first-order chi connectivity index (χ1) is 10.3. The number of imidazole rings is 1. The number of pyridine rings is 1. The topological polar surface area (TPSA) is 49.6 Å². The van der Waals surface area contributed by atoms with Crippen molar-refractivity contribution in [2.45, 2.75) is 19.0 Å². The van der Waals surface area contributed by atoms with E-state index in [0.29, 0.717) is 6.54 Å². The Balaban J connectivity index is 1.62. The molecule has 0 saturated heterocycles. The molecule has 1 atom stereocenters. The Bertz CT molecular complexity index is 660. The zero-order valence-electron chi connectivity index (χ0n) is 11.8. The number of fused-ring (bicyclic) bond motifs is 1. The van der Waals surface area contributed by atoms with Crippen LogP contribution in [-0.2, 0) is 13.0 Å². The summed E-state index contributed by atoms with van der Waals surface area (Å²) in [5.41, 5.74) is 3.14. The molecule has 0 saturated carbocycles. The zero-order chi connectivity index (χ0) is 14.5. The van der Waals surface area contributed by atoms with Gasteiger partial charge in [0.25, 0.3) is 0 Å². The lowest BCUT2D eigenvalue weighted by Gasteiger charge is -2.15. The molecular weight excluding hydrogens is 262 g/mol. The van der Waals surface area contributed by atoms with E-state index in [1.807, 2.05) is 53.2 Å². The third-order valence-corrected chi connectivity index (χ3v) is 3.53. The summed E-state index contributed by atoms with van der Waals surface area (Å²) < 4.78 is 2.00. The second kappa shape index (κ2) is 6.52. The van der Waals surface area contributed by atoms with Crippen LogP contribution in [0.1, 0.15) is 11.3 Å². The van der Waals surface area contributed by atoms with Crippen LogP contribution >= 0.6 is 0 Å². The molecule has 1 aromatic carbocycles. The molecule has 1 unspecified atom stereocenters. The van der Waals surface area contributed by atoms with Gasteiger partial charge in [0.05, 0.1) is 12.3 Å². The van der Waals surface area contributed by atoms with Gasteiger partial charge in [0.2, 0.25) is 0 Å². The van der Waals surface area contributed by atoms with Gasteiger partial charge in [-0.3, -0.25) is 0 Å². The lowest BCUT2D eigenvalue weighted by molar-refractivity contribution is 0.240. The van der Waals surface area contributed by atoms with Crippen LogP contribution in [0.2, 0.25) is 0 Å². The predicted molar refractivity (Wildman–Crippen MR) is 83.1 cm³/mol. The average molecular weight is 281 g/mol. The van der Waals surface area contributed by atoms with Crippen molar-refractivity contribution in [1.82, 2.24) is 14.7 Å². The molecule has 108 valence electrons. The normalized spacial score (nSPS) is 12.6. The molecular formula is C17H19N3O. The highest BCUT2D eigenvalue weighted by atomic mass is 16.3. The van der Waals surface area contributed by atoms with Crippen molar-refractivity contribution in [2.24, 2.45) is 0 Å². The van der Waals surface area contributed by atoms with E-state index in [-0.39, 0.29) is 12.6 Å². The molecule has 0 radical (unpaired) electrons. The summed E-state index contributed by atoms with van der Waals surface area (Å²) in [4.78, 5) is 4.54. The van der Waals surface area contributed by atoms with Gasteiger partial charge >= 0.3 is 0 Å². The van der Waals surface area contributed by atoms with Gasteiger partial charge in [0, 0.05) is 25.0 Å². The number of rotatable bonds is 6. The smallest absolute Gasteiger partial charge is 0.137 e. The molecule has 0 bridgehead atoms. The molecule has 0 aliphatic rings. The van der Waals surface area contributed by atoms with Crippen molar-refractivity contribution < 1.29 is 5.11 Å². The van der Waals surface area contributed by atoms with Crippen LogP contribution in [0.3, 0.4) is 0 Å². The van der Waals surface area contributed by atoms with Gasteiger partial charge < -0.3 is 14.8 Å². The summed E-state index contributed by atoms with van der Waals surface area (Å²) in [7, 11) is 0. The first kappa shape index (κ1) is 13.8. The maximum atomic E-state index is 9.52. The number of nitrogens with zero attached hydrogens (tertiary/aromatic N) is 2. The SMILES string of the molecule is OCC(Cc1ccccc1)NCc1cn2ccccc2n1. The second-order valence-corrected chi connectivity index (χ2v) is 5.15. The fraction of sp³-hybridized carbons (Fsp3) is 0.235. The predicted octanol–water partition coefficient (Wildman–Crippen LogP) is 2.03.